The molecule has 0 bridgehead atoms. The highest BCUT2D eigenvalue weighted by atomic mass is 19.4. The molecule has 3 rings (SSSR count). The van der Waals surface area contributed by atoms with Crippen molar-refractivity contribution < 1.29 is 98.2 Å². The highest BCUT2D eigenvalue weighted by molar-refractivity contribution is 5.82. The maximum absolute atomic E-state index is 13.1. The van der Waals surface area contributed by atoms with Gasteiger partial charge in [-0.15, -0.1) is 13.2 Å². The number of carbonyl (C=O) groups is 2. The molecule has 0 radical (unpaired) electrons. The van der Waals surface area contributed by atoms with Gasteiger partial charge in [0.15, 0.2) is 18.4 Å². The largest absolute Gasteiger partial charge is 0.471 e. The predicted molar refractivity (Wildman–Crippen MR) is 243 cm³/mol. The van der Waals surface area contributed by atoms with Crippen molar-refractivity contribution in [3.63, 3.8) is 0 Å². The molecular weight excluding hydrogens is 950 g/mol. The molecule has 3 fully saturated rings. The fourth-order valence-electron chi connectivity index (χ4n) is 8.06. The summed E-state index contributed by atoms with van der Waals surface area (Å²) in [6.45, 7) is 14.4. The van der Waals surface area contributed by atoms with E-state index < -0.39 is 97.8 Å². The van der Waals surface area contributed by atoms with E-state index in [2.05, 4.69) is 27.0 Å². The first-order chi connectivity index (χ1) is 32.7. The van der Waals surface area contributed by atoms with Crippen molar-refractivity contribution in [1.29, 1.82) is 0 Å². The Hall–Kier alpha value is -2.55. The van der Waals surface area contributed by atoms with Crippen LogP contribution in [0.15, 0.2) is 25.3 Å². The van der Waals surface area contributed by atoms with Crippen LogP contribution in [0.1, 0.15) is 118 Å². The van der Waals surface area contributed by atoms with Crippen molar-refractivity contribution in [3.05, 3.63) is 25.3 Å². The predicted octanol–water partition coefficient (Wildman–Crippen LogP) is 6.88. The molecule has 0 unspecified atom stereocenters. The van der Waals surface area contributed by atoms with Crippen LogP contribution >= 0.6 is 0 Å². The maximum atomic E-state index is 13.1. The number of halogens is 7. The third-order valence-electron chi connectivity index (χ3n) is 11.8. The number of carbonyl (C=O) groups excluding carboxylic acids is 2. The summed E-state index contributed by atoms with van der Waals surface area (Å²) in [6, 6.07) is -2.74. The average molecular weight is 1030 g/mol. The van der Waals surface area contributed by atoms with Crippen molar-refractivity contribution in [3.8, 4) is 0 Å². The third kappa shape index (κ3) is 23.1. The van der Waals surface area contributed by atoms with Gasteiger partial charge in [-0.1, -0.05) is 90.2 Å². The molecule has 0 aromatic heterocycles. The van der Waals surface area contributed by atoms with Crippen molar-refractivity contribution in [2.45, 2.75) is 209 Å². The Bertz CT molecular complexity index is 1450. The Morgan fingerprint density at radius 3 is 1.59 bits per heavy atom. The van der Waals surface area contributed by atoms with Gasteiger partial charge in [0, 0.05) is 27.4 Å². The first kappa shape index (κ1) is 65.5. The van der Waals surface area contributed by atoms with Crippen LogP contribution in [0, 0.1) is 0 Å². The van der Waals surface area contributed by atoms with Gasteiger partial charge in [-0.2, -0.15) is 26.3 Å². The number of hydrogen-bond acceptors (Lipinski definition) is 14. The third-order valence-corrected chi connectivity index (χ3v) is 11.8. The summed E-state index contributed by atoms with van der Waals surface area (Å²) in [5.41, 5.74) is 0. The van der Waals surface area contributed by atoms with E-state index in [0.29, 0.717) is 12.8 Å². The lowest BCUT2D eigenvalue weighted by Gasteiger charge is -2.51. The van der Waals surface area contributed by atoms with E-state index in [4.69, 9.17) is 47.4 Å². The van der Waals surface area contributed by atoms with Crippen LogP contribution in [0.4, 0.5) is 31.0 Å². The fourth-order valence-corrected chi connectivity index (χ4v) is 8.06. The maximum Gasteiger partial charge on any atom is 0.471 e. The molecule has 2 amide bonds. The molecule has 3 saturated heterocycles. The Balaban J connectivity index is 0.000000693. The molecule has 412 valence electrons. The lowest BCUT2D eigenvalue weighted by Crippen LogP contribution is -2.69. The number of rotatable bonds is 31. The highest BCUT2D eigenvalue weighted by Crippen LogP contribution is 2.35. The molecule has 3 aliphatic rings. The van der Waals surface area contributed by atoms with E-state index in [1.165, 1.54) is 37.8 Å². The van der Waals surface area contributed by atoms with Gasteiger partial charge < -0.3 is 68.2 Å². The van der Waals surface area contributed by atoms with Gasteiger partial charge in [0.1, 0.15) is 48.7 Å². The number of amides is 2. The molecular formula is C47H81F7N2O14. The second-order valence-corrected chi connectivity index (χ2v) is 17.7. The molecule has 0 aliphatic carbocycles. The summed E-state index contributed by atoms with van der Waals surface area (Å²) >= 11 is 0. The monoisotopic (exact) mass is 1030 g/mol. The minimum absolute atomic E-state index is 0. The lowest BCUT2D eigenvalue weighted by molar-refractivity contribution is -0.371. The zero-order chi connectivity index (χ0) is 51.6. The van der Waals surface area contributed by atoms with Crippen LogP contribution in [0.3, 0.4) is 0 Å². The SMILES string of the molecule is C=CCO[C@H]1O[C@@H]2COC(C)(C)O[C@H]2[C@H](OCC[C@@H](CCCCCCC)OC)[C@H]1NC(=O)C(F)(F)F.C=CCO[C@H]1O[C@H](CO)[C@@H](O)[C@H](OCC[C@@H](CCCCCCC)OC)[C@H]1NC(=O)C(F)(F)F.F. The number of aliphatic hydroxyl groups is 2. The molecule has 3 aliphatic heterocycles. The van der Waals surface area contributed by atoms with E-state index in [1.807, 2.05) is 5.32 Å². The van der Waals surface area contributed by atoms with Crippen molar-refractivity contribution in [2.24, 2.45) is 0 Å². The van der Waals surface area contributed by atoms with Crippen LogP contribution < -0.4 is 10.6 Å². The van der Waals surface area contributed by atoms with Gasteiger partial charge in [-0.3, -0.25) is 14.3 Å². The Morgan fingerprint density at radius 2 is 1.16 bits per heavy atom. The van der Waals surface area contributed by atoms with Crippen molar-refractivity contribution >= 4 is 11.8 Å². The zero-order valence-corrected chi connectivity index (χ0v) is 41.6. The summed E-state index contributed by atoms with van der Waals surface area (Å²) in [5.74, 6) is -5.33. The fraction of sp³-hybridized carbons (Fsp3) is 0.872. The second kappa shape index (κ2) is 34.0. The summed E-state index contributed by atoms with van der Waals surface area (Å²) in [4.78, 5) is 23.5. The first-order valence-corrected chi connectivity index (χ1v) is 24.1. The van der Waals surface area contributed by atoms with E-state index >= 15 is 0 Å². The van der Waals surface area contributed by atoms with E-state index in [0.717, 1.165) is 51.4 Å². The molecule has 4 N–H and O–H groups in total. The average Bonchev–Trinajstić information content (AvgIpc) is 3.30. The smallest absolute Gasteiger partial charge is 0.394 e. The van der Waals surface area contributed by atoms with Gasteiger partial charge in [0.25, 0.3) is 0 Å². The summed E-state index contributed by atoms with van der Waals surface area (Å²) in [7, 11) is 3.21. The number of aliphatic hydroxyl groups excluding tert-OH is 2. The summed E-state index contributed by atoms with van der Waals surface area (Å²) in [6.07, 6.45) is -2.74. The van der Waals surface area contributed by atoms with Crippen LogP contribution in [0.5, 0.6) is 0 Å². The van der Waals surface area contributed by atoms with Crippen LogP contribution in [-0.2, 0) is 57.0 Å². The lowest BCUT2D eigenvalue weighted by atomic mass is 9.94. The zero-order valence-electron chi connectivity index (χ0n) is 41.6. The normalized spacial score (nSPS) is 27.4. The molecule has 0 spiro atoms. The molecule has 0 aromatic rings. The molecule has 16 nitrogen and oxygen atoms in total. The van der Waals surface area contributed by atoms with Crippen LogP contribution in [0.25, 0.3) is 0 Å². The van der Waals surface area contributed by atoms with Gasteiger partial charge >= 0.3 is 24.2 Å². The van der Waals surface area contributed by atoms with Gasteiger partial charge in [0.2, 0.25) is 0 Å². The summed E-state index contributed by atoms with van der Waals surface area (Å²) < 4.78 is 135. The van der Waals surface area contributed by atoms with Crippen LogP contribution in [-0.4, -0.2) is 168 Å². The Labute approximate surface area is 408 Å². The quantitative estimate of drug-likeness (QED) is 0.0319. The minimum Gasteiger partial charge on any atom is -0.394 e. The van der Waals surface area contributed by atoms with Crippen molar-refractivity contribution in [2.75, 3.05) is 53.9 Å². The second-order valence-electron chi connectivity index (χ2n) is 17.7. The highest BCUT2D eigenvalue weighted by Gasteiger charge is 2.55. The van der Waals surface area contributed by atoms with Crippen LogP contribution in [0.2, 0.25) is 0 Å². The standard InChI is InChI=1S/C25H42F3NO7.C22H38F3NO7.FH/c1-6-8-9-10-11-12-17(31-5)13-15-32-21-19(29-23(30)25(26,27)28)22(33-14-7-2)35-18-16-34-24(3,4)36-20(18)21;1-4-6-7-8-9-10-15(30-3)11-13-31-19-17(26-21(29)22(23,24)25)20(32-12-5-2)33-16(14-27)18(19)28;/h7,17-22H,2,6,8-16H2,1,3-5H3,(H,29,30);5,15-20,27-28H,2,4,6-14H2,1,3H3,(H,26,29);1H/t17-,18-,19-,20-,21-,22+;15-,16-,17-,18-,19-,20+;/m11./s1. The van der Waals surface area contributed by atoms with E-state index in [-0.39, 0.29) is 49.9 Å². The number of unbranched alkanes of at least 4 members (excludes halogenated alkanes) is 8. The molecule has 12 atom stereocenters. The number of ether oxygens (including phenoxy) is 10. The van der Waals surface area contributed by atoms with Gasteiger partial charge in [0.05, 0.1) is 38.6 Å². The number of fused-ring (bicyclic) bond motifs is 1. The summed E-state index contributed by atoms with van der Waals surface area (Å²) in [5, 5.41) is 23.9. The van der Waals surface area contributed by atoms with Gasteiger partial charge in [-0.05, 0) is 39.5 Å². The molecule has 0 saturated carbocycles. The molecule has 3 heterocycles. The van der Waals surface area contributed by atoms with E-state index in [9.17, 15) is 46.1 Å². The Morgan fingerprint density at radius 1 is 0.714 bits per heavy atom. The molecule has 70 heavy (non-hydrogen) atoms. The first-order valence-electron chi connectivity index (χ1n) is 24.1. The topological polar surface area (TPSA) is 191 Å². The molecule has 0 aromatic carbocycles. The minimum atomic E-state index is -5.15. The number of hydrogen-bond donors (Lipinski definition) is 4. The molecule has 23 heteroatoms. The van der Waals surface area contributed by atoms with E-state index in [1.54, 1.807) is 33.4 Å². The van der Waals surface area contributed by atoms with Gasteiger partial charge in [-0.25, -0.2) is 0 Å². The Kier molecular flexibility index (Phi) is 31.8. The number of nitrogens with one attached hydrogen (secondary N) is 2. The number of methoxy groups -OCH3 is 2. The van der Waals surface area contributed by atoms with Crippen molar-refractivity contribution in [1.82, 2.24) is 10.6 Å². The number of alkyl halides is 6.